The van der Waals surface area contributed by atoms with Gasteiger partial charge in [0.15, 0.2) is 5.69 Å². The Morgan fingerprint density at radius 3 is 2.50 bits per heavy atom. The van der Waals surface area contributed by atoms with Crippen molar-refractivity contribution in [1.29, 1.82) is 0 Å². The first kappa shape index (κ1) is 24.5. The lowest BCUT2D eigenvalue weighted by molar-refractivity contribution is -0.143. The molecule has 0 unspecified atom stereocenters. The number of nitrogens with zero attached hydrogens (tertiary/aromatic N) is 4. The third-order valence-electron chi connectivity index (χ3n) is 6.39. The summed E-state index contributed by atoms with van der Waals surface area (Å²) in [4.78, 5) is 27.3. The molecule has 0 radical (unpaired) electrons. The zero-order chi connectivity index (χ0) is 24.6. The van der Waals surface area contributed by atoms with Gasteiger partial charge in [0, 0.05) is 22.7 Å². The molecule has 0 bridgehead atoms. The number of carbonyl (C=O) groups excluding carboxylic acids is 1. The highest BCUT2D eigenvalue weighted by Gasteiger charge is 2.41. The first-order valence-electron chi connectivity index (χ1n) is 10.9. The van der Waals surface area contributed by atoms with Crippen LogP contribution in [-0.2, 0) is 35.3 Å². The van der Waals surface area contributed by atoms with E-state index >= 15 is 0 Å². The minimum atomic E-state index is -4.67. The molecule has 3 heterocycles. The predicted octanol–water partition coefficient (Wildman–Crippen LogP) is 3.42. The summed E-state index contributed by atoms with van der Waals surface area (Å²) < 4.78 is 56.3. The summed E-state index contributed by atoms with van der Waals surface area (Å²) in [6.45, 7) is 0.807. The molecule has 0 spiro atoms. The Bertz CT molecular complexity index is 1100. The summed E-state index contributed by atoms with van der Waals surface area (Å²) in [5, 5.41) is 13.0. The van der Waals surface area contributed by atoms with Gasteiger partial charge in [-0.1, -0.05) is 17.7 Å². The van der Waals surface area contributed by atoms with Gasteiger partial charge in [-0.2, -0.15) is 18.3 Å². The molecule has 0 aliphatic carbocycles. The number of fused-ring (bicyclic) bond motifs is 1. The Morgan fingerprint density at radius 2 is 1.88 bits per heavy atom. The van der Waals surface area contributed by atoms with Gasteiger partial charge in [0.1, 0.15) is 5.82 Å². The SMILES string of the molecule is O=C(O)C1CCN(CC(=O)N2CCc3c(C(F)(F)F)nn(Cc4ccc(Cl)cc4F)c3C2)CC1. The van der Waals surface area contributed by atoms with E-state index in [0.29, 0.717) is 25.9 Å². The summed E-state index contributed by atoms with van der Waals surface area (Å²) >= 11 is 5.77. The van der Waals surface area contributed by atoms with Gasteiger partial charge in [-0.05, 0) is 44.5 Å². The highest BCUT2D eigenvalue weighted by molar-refractivity contribution is 6.30. The number of hydrogen-bond donors (Lipinski definition) is 1. The molecule has 4 rings (SSSR count). The van der Waals surface area contributed by atoms with Crippen LogP contribution in [0.2, 0.25) is 5.02 Å². The Hall–Kier alpha value is -2.66. The maximum atomic E-state index is 14.3. The minimum Gasteiger partial charge on any atom is -0.481 e. The molecule has 1 N–H and O–H groups in total. The summed E-state index contributed by atoms with van der Waals surface area (Å²) in [7, 11) is 0. The van der Waals surface area contributed by atoms with Gasteiger partial charge in [-0.25, -0.2) is 4.39 Å². The van der Waals surface area contributed by atoms with Crippen LogP contribution in [0, 0.1) is 11.7 Å². The normalized spacial score (nSPS) is 17.6. The topological polar surface area (TPSA) is 78.7 Å². The molecule has 2 aromatic rings. The number of halogens is 5. The van der Waals surface area contributed by atoms with Crippen molar-refractivity contribution in [1.82, 2.24) is 19.6 Å². The summed E-state index contributed by atoms with van der Waals surface area (Å²) in [5.41, 5.74) is -0.632. The Balaban J connectivity index is 1.52. The van der Waals surface area contributed by atoms with Crippen molar-refractivity contribution in [3.05, 3.63) is 51.6 Å². The van der Waals surface area contributed by atoms with E-state index in [4.69, 9.17) is 16.7 Å². The maximum absolute atomic E-state index is 14.3. The van der Waals surface area contributed by atoms with Crippen molar-refractivity contribution in [3.63, 3.8) is 0 Å². The van der Waals surface area contributed by atoms with Crippen molar-refractivity contribution in [2.24, 2.45) is 5.92 Å². The Morgan fingerprint density at radius 1 is 1.18 bits per heavy atom. The van der Waals surface area contributed by atoms with E-state index in [0.717, 1.165) is 10.7 Å². The van der Waals surface area contributed by atoms with Gasteiger partial charge >= 0.3 is 12.1 Å². The first-order valence-corrected chi connectivity index (χ1v) is 11.2. The zero-order valence-corrected chi connectivity index (χ0v) is 18.9. The average molecular weight is 503 g/mol. The number of aromatic nitrogens is 2. The number of likely N-dealkylation sites (tertiary alicyclic amines) is 1. The lowest BCUT2D eigenvalue weighted by atomic mass is 9.97. The van der Waals surface area contributed by atoms with Crippen LogP contribution < -0.4 is 0 Å². The van der Waals surface area contributed by atoms with Crippen molar-refractivity contribution < 1.29 is 32.3 Å². The summed E-state index contributed by atoms with van der Waals surface area (Å²) in [6.07, 6.45) is -3.79. The highest BCUT2D eigenvalue weighted by Crippen LogP contribution is 2.35. The molecule has 7 nitrogen and oxygen atoms in total. The van der Waals surface area contributed by atoms with Crippen LogP contribution in [-0.4, -0.2) is 62.7 Å². The van der Waals surface area contributed by atoms with Gasteiger partial charge in [-0.15, -0.1) is 0 Å². The monoisotopic (exact) mass is 502 g/mol. The Kier molecular flexibility index (Phi) is 6.86. The van der Waals surface area contributed by atoms with Crippen LogP contribution >= 0.6 is 11.6 Å². The molecule has 2 aliphatic rings. The quantitative estimate of drug-likeness (QED) is 0.634. The number of hydrogen-bond acceptors (Lipinski definition) is 4. The first-order chi connectivity index (χ1) is 16.0. The molecule has 0 saturated carbocycles. The number of carboxylic acid groups (broad SMARTS) is 1. The highest BCUT2D eigenvalue weighted by atomic mass is 35.5. The number of benzene rings is 1. The van der Waals surface area contributed by atoms with E-state index in [2.05, 4.69) is 5.10 Å². The number of rotatable bonds is 5. The molecular formula is C22H23ClF4N4O3. The molecular weight excluding hydrogens is 480 g/mol. The van der Waals surface area contributed by atoms with Crippen molar-refractivity contribution >= 4 is 23.5 Å². The van der Waals surface area contributed by atoms with Gasteiger partial charge in [0.2, 0.25) is 5.91 Å². The molecule has 1 saturated heterocycles. The van der Waals surface area contributed by atoms with Crippen LogP contribution in [0.5, 0.6) is 0 Å². The van der Waals surface area contributed by atoms with Crippen LogP contribution in [0.15, 0.2) is 18.2 Å². The van der Waals surface area contributed by atoms with Crippen LogP contribution in [0.3, 0.4) is 0 Å². The van der Waals surface area contributed by atoms with Gasteiger partial charge < -0.3 is 10.0 Å². The fraction of sp³-hybridized carbons (Fsp3) is 0.500. The van der Waals surface area contributed by atoms with Crippen molar-refractivity contribution in [2.75, 3.05) is 26.2 Å². The molecule has 0 atom stereocenters. The fourth-order valence-electron chi connectivity index (χ4n) is 4.49. The molecule has 12 heteroatoms. The predicted molar refractivity (Wildman–Crippen MR) is 114 cm³/mol. The molecule has 1 aromatic heterocycles. The Labute approximate surface area is 197 Å². The lowest BCUT2D eigenvalue weighted by Gasteiger charge is -2.33. The molecule has 34 heavy (non-hydrogen) atoms. The third kappa shape index (κ3) is 5.20. The van der Waals surface area contributed by atoms with Crippen LogP contribution in [0.1, 0.15) is 35.4 Å². The number of piperidine rings is 1. The standard InChI is InChI=1S/C22H23ClF4N4O3/c23-15-2-1-14(17(24)9-15)10-31-18-11-30(8-5-16(18)20(28-31)22(25,26)27)19(32)12-29-6-3-13(4-7-29)21(33)34/h1-2,9,13H,3-8,10-12H2,(H,33,34). The second kappa shape index (κ2) is 9.53. The molecule has 1 fully saturated rings. The van der Waals surface area contributed by atoms with E-state index < -0.39 is 29.6 Å². The van der Waals surface area contributed by atoms with Gasteiger partial charge in [0.05, 0.1) is 31.2 Å². The van der Waals surface area contributed by atoms with E-state index in [1.54, 1.807) is 0 Å². The van der Waals surface area contributed by atoms with Gasteiger partial charge in [0.25, 0.3) is 0 Å². The van der Waals surface area contributed by atoms with Crippen molar-refractivity contribution in [3.8, 4) is 0 Å². The summed E-state index contributed by atoms with van der Waals surface area (Å²) in [5.74, 6) is -2.18. The second-order valence-electron chi connectivity index (χ2n) is 8.62. The van der Waals surface area contributed by atoms with E-state index in [1.807, 2.05) is 4.90 Å². The average Bonchev–Trinajstić information content (AvgIpc) is 3.14. The lowest BCUT2D eigenvalue weighted by Crippen LogP contribution is -2.46. The fourth-order valence-corrected chi connectivity index (χ4v) is 4.65. The van der Waals surface area contributed by atoms with Crippen molar-refractivity contribution in [2.45, 2.75) is 38.5 Å². The molecule has 184 valence electrons. The largest absolute Gasteiger partial charge is 0.481 e. The number of alkyl halides is 3. The van der Waals surface area contributed by atoms with Crippen LogP contribution in [0.25, 0.3) is 0 Å². The number of carboxylic acids is 1. The smallest absolute Gasteiger partial charge is 0.435 e. The van der Waals surface area contributed by atoms with Crippen LogP contribution in [0.4, 0.5) is 17.6 Å². The van der Waals surface area contributed by atoms with Gasteiger partial charge in [-0.3, -0.25) is 19.2 Å². The maximum Gasteiger partial charge on any atom is 0.435 e. The number of aliphatic carboxylic acids is 1. The summed E-state index contributed by atoms with van der Waals surface area (Å²) in [6, 6.07) is 3.93. The van der Waals surface area contributed by atoms with E-state index in [-0.39, 0.29) is 60.4 Å². The molecule has 1 amide bonds. The third-order valence-corrected chi connectivity index (χ3v) is 6.63. The molecule has 1 aromatic carbocycles. The minimum absolute atomic E-state index is 0.0138. The number of carbonyl (C=O) groups is 2. The zero-order valence-electron chi connectivity index (χ0n) is 18.1. The van der Waals surface area contributed by atoms with E-state index in [9.17, 15) is 27.2 Å². The van der Waals surface area contributed by atoms with E-state index in [1.165, 1.54) is 17.0 Å². The second-order valence-corrected chi connectivity index (χ2v) is 9.06. The number of amides is 1. The molecule has 2 aliphatic heterocycles.